The number of methoxy groups -OCH3 is 1. The largest absolute Gasteiger partial charge is 0.497 e. The molecule has 6 nitrogen and oxygen atoms in total. The van der Waals surface area contributed by atoms with Gasteiger partial charge >= 0.3 is 0 Å². The van der Waals surface area contributed by atoms with Crippen LogP contribution in [0, 0.1) is 5.92 Å². The van der Waals surface area contributed by atoms with E-state index in [0.717, 1.165) is 79.5 Å². The normalized spacial score (nSPS) is 19.6. The topological polar surface area (TPSA) is 59.5 Å². The molecule has 0 spiro atoms. The average molecular weight is 425 g/mol. The lowest BCUT2D eigenvalue weighted by Crippen LogP contribution is -2.36. The van der Waals surface area contributed by atoms with E-state index in [9.17, 15) is 0 Å². The second-order valence-corrected chi connectivity index (χ2v) is 9.35. The molecular formula is C23H28N4O2S. The van der Waals surface area contributed by atoms with Crippen LogP contribution in [-0.2, 0) is 24.1 Å². The molecule has 0 radical (unpaired) electrons. The highest BCUT2D eigenvalue weighted by atomic mass is 32.1. The molecular weight excluding hydrogens is 396 g/mol. The van der Waals surface area contributed by atoms with E-state index in [4.69, 9.17) is 19.4 Å². The quantitative estimate of drug-likeness (QED) is 0.655. The lowest BCUT2D eigenvalue weighted by molar-refractivity contribution is 0.0331. The van der Waals surface area contributed by atoms with Crippen LogP contribution in [0.1, 0.15) is 29.6 Å². The minimum Gasteiger partial charge on any atom is -0.497 e. The van der Waals surface area contributed by atoms with Crippen molar-refractivity contribution in [1.82, 2.24) is 14.9 Å². The van der Waals surface area contributed by atoms with Gasteiger partial charge in [-0.2, -0.15) is 0 Å². The Balaban J connectivity index is 1.53. The number of ether oxygens (including phenoxy) is 2. The number of anilines is 2. The van der Waals surface area contributed by atoms with Crippen molar-refractivity contribution in [3.05, 3.63) is 40.5 Å². The zero-order chi connectivity index (χ0) is 20.5. The van der Waals surface area contributed by atoms with Crippen LogP contribution in [0.4, 0.5) is 11.5 Å². The summed E-state index contributed by atoms with van der Waals surface area (Å²) >= 11 is 1.86. The molecule has 0 saturated carbocycles. The van der Waals surface area contributed by atoms with Crippen molar-refractivity contribution in [1.29, 1.82) is 0 Å². The van der Waals surface area contributed by atoms with Gasteiger partial charge in [-0.1, -0.05) is 6.92 Å². The fourth-order valence-electron chi connectivity index (χ4n) is 4.32. The molecule has 1 aromatic carbocycles. The molecule has 0 amide bonds. The standard InChI is InChI=1S/C23H28N4O2S/c1-15-3-8-18-19(13-15)30-23-21(18)22(24-16-4-6-17(28-2)7-5-16)25-20(26-23)14-27-9-11-29-12-10-27/h4-7,15H,3,8-14H2,1-2H3,(H,24,25,26)/t15-/m0/s1. The molecule has 1 fully saturated rings. The second-order valence-electron chi connectivity index (χ2n) is 8.26. The highest BCUT2D eigenvalue weighted by molar-refractivity contribution is 7.19. The van der Waals surface area contributed by atoms with E-state index >= 15 is 0 Å². The van der Waals surface area contributed by atoms with Gasteiger partial charge in [-0.25, -0.2) is 9.97 Å². The number of aryl methyl sites for hydroxylation is 1. The van der Waals surface area contributed by atoms with Gasteiger partial charge in [-0.05, 0) is 55.0 Å². The van der Waals surface area contributed by atoms with Crippen LogP contribution in [0.15, 0.2) is 24.3 Å². The predicted molar refractivity (Wildman–Crippen MR) is 121 cm³/mol. The minimum atomic E-state index is 0.740. The van der Waals surface area contributed by atoms with Gasteiger partial charge in [0.2, 0.25) is 0 Å². The van der Waals surface area contributed by atoms with Crippen molar-refractivity contribution < 1.29 is 9.47 Å². The first-order chi connectivity index (χ1) is 14.7. The van der Waals surface area contributed by atoms with Crippen molar-refractivity contribution in [3.63, 3.8) is 0 Å². The Morgan fingerprint density at radius 2 is 2.00 bits per heavy atom. The van der Waals surface area contributed by atoms with E-state index in [0.29, 0.717) is 0 Å². The summed E-state index contributed by atoms with van der Waals surface area (Å²) in [4.78, 5) is 15.0. The number of aromatic nitrogens is 2. The van der Waals surface area contributed by atoms with Gasteiger partial charge in [0, 0.05) is 23.7 Å². The lowest BCUT2D eigenvalue weighted by atomic mass is 9.89. The Hall–Kier alpha value is -2.22. The predicted octanol–water partition coefficient (Wildman–Crippen LogP) is 4.40. The Kier molecular flexibility index (Phi) is 5.58. The molecule has 3 heterocycles. The number of fused-ring (bicyclic) bond motifs is 3. The van der Waals surface area contributed by atoms with Gasteiger partial charge in [0.15, 0.2) is 0 Å². The van der Waals surface area contributed by atoms with Crippen molar-refractivity contribution in [2.75, 3.05) is 38.7 Å². The maximum absolute atomic E-state index is 5.49. The van der Waals surface area contributed by atoms with Gasteiger partial charge in [-0.15, -0.1) is 11.3 Å². The first kappa shape index (κ1) is 19.7. The molecule has 2 aliphatic rings. The maximum atomic E-state index is 5.49. The third-order valence-corrected chi connectivity index (χ3v) is 7.17. The number of morpholine rings is 1. The molecule has 1 saturated heterocycles. The summed E-state index contributed by atoms with van der Waals surface area (Å²) in [7, 11) is 1.69. The summed E-state index contributed by atoms with van der Waals surface area (Å²) in [5, 5.41) is 4.79. The van der Waals surface area contributed by atoms with Crippen LogP contribution in [0.2, 0.25) is 0 Å². The van der Waals surface area contributed by atoms with Crippen LogP contribution in [0.25, 0.3) is 10.2 Å². The Morgan fingerprint density at radius 1 is 1.20 bits per heavy atom. The highest BCUT2D eigenvalue weighted by Crippen LogP contribution is 2.40. The number of nitrogens with zero attached hydrogens (tertiary/aromatic N) is 3. The molecule has 1 atom stereocenters. The van der Waals surface area contributed by atoms with Crippen molar-refractivity contribution in [2.45, 2.75) is 32.7 Å². The zero-order valence-corrected chi connectivity index (χ0v) is 18.4. The van der Waals surface area contributed by atoms with Crippen LogP contribution in [0.5, 0.6) is 5.75 Å². The van der Waals surface area contributed by atoms with Crippen molar-refractivity contribution in [2.24, 2.45) is 5.92 Å². The van der Waals surface area contributed by atoms with Crippen LogP contribution in [-0.4, -0.2) is 48.3 Å². The third kappa shape index (κ3) is 4.02. The lowest BCUT2D eigenvalue weighted by Gasteiger charge is -2.26. The first-order valence-corrected chi connectivity index (χ1v) is 11.5. The summed E-state index contributed by atoms with van der Waals surface area (Å²) in [5.41, 5.74) is 2.46. The molecule has 0 bridgehead atoms. The molecule has 2 aromatic heterocycles. The van der Waals surface area contributed by atoms with E-state index in [1.165, 1.54) is 22.2 Å². The molecule has 158 valence electrons. The van der Waals surface area contributed by atoms with Gasteiger partial charge in [0.25, 0.3) is 0 Å². The number of hydrogen-bond acceptors (Lipinski definition) is 7. The van der Waals surface area contributed by atoms with Gasteiger partial charge < -0.3 is 14.8 Å². The number of hydrogen-bond donors (Lipinski definition) is 1. The SMILES string of the molecule is COc1ccc(Nc2nc(CN3CCOCC3)nc3sc4c(c23)CC[C@H](C)C4)cc1. The smallest absolute Gasteiger partial charge is 0.146 e. The van der Waals surface area contributed by atoms with Crippen molar-refractivity contribution >= 4 is 33.1 Å². The average Bonchev–Trinajstić information content (AvgIpc) is 3.12. The summed E-state index contributed by atoms with van der Waals surface area (Å²) < 4.78 is 10.8. The summed E-state index contributed by atoms with van der Waals surface area (Å²) in [6, 6.07) is 8.02. The van der Waals surface area contributed by atoms with Gasteiger partial charge in [-0.3, -0.25) is 4.90 Å². The van der Waals surface area contributed by atoms with Crippen LogP contribution < -0.4 is 10.1 Å². The van der Waals surface area contributed by atoms with Gasteiger partial charge in [0.1, 0.15) is 22.2 Å². The maximum Gasteiger partial charge on any atom is 0.146 e. The Morgan fingerprint density at radius 3 is 2.77 bits per heavy atom. The third-order valence-electron chi connectivity index (χ3n) is 6.02. The fourth-order valence-corrected chi connectivity index (χ4v) is 5.72. The Bertz CT molecular complexity index is 1030. The van der Waals surface area contributed by atoms with Crippen LogP contribution >= 0.6 is 11.3 Å². The molecule has 3 aromatic rings. The van der Waals surface area contributed by atoms with Crippen molar-refractivity contribution in [3.8, 4) is 5.75 Å². The van der Waals surface area contributed by atoms with Gasteiger partial charge in [0.05, 0.1) is 32.3 Å². The number of thiophene rings is 1. The van der Waals surface area contributed by atoms with E-state index < -0.39 is 0 Å². The fraction of sp³-hybridized carbons (Fsp3) is 0.478. The molecule has 1 aliphatic heterocycles. The molecule has 1 N–H and O–H groups in total. The summed E-state index contributed by atoms with van der Waals surface area (Å²) in [5.74, 6) is 3.40. The monoisotopic (exact) mass is 424 g/mol. The second kappa shape index (κ2) is 8.49. The molecule has 1 aliphatic carbocycles. The highest BCUT2D eigenvalue weighted by Gasteiger charge is 2.24. The minimum absolute atomic E-state index is 0.740. The number of benzene rings is 1. The summed E-state index contributed by atoms with van der Waals surface area (Å²) in [6.07, 6.45) is 3.49. The first-order valence-electron chi connectivity index (χ1n) is 10.7. The van der Waals surface area contributed by atoms with E-state index in [2.05, 4.69) is 17.1 Å². The molecule has 5 rings (SSSR count). The molecule has 7 heteroatoms. The van der Waals surface area contributed by atoms with E-state index in [1.807, 2.05) is 35.6 Å². The number of nitrogens with one attached hydrogen (secondary N) is 1. The molecule has 0 unspecified atom stereocenters. The zero-order valence-electron chi connectivity index (χ0n) is 17.6. The number of rotatable bonds is 5. The van der Waals surface area contributed by atoms with E-state index in [1.54, 1.807) is 7.11 Å². The van der Waals surface area contributed by atoms with E-state index in [-0.39, 0.29) is 0 Å². The summed E-state index contributed by atoms with van der Waals surface area (Å²) in [6.45, 7) is 6.53. The Labute approximate surface area is 181 Å². The van der Waals surface area contributed by atoms with Crippen LogP contribution in [0.3, 0.4) is 0 Å². The molecule has 30 heavy (non-hydrogen) atoms.